The fourth-order valence-corrected chi connectivity index (χ4v) is 3.38. The number of nitrogens with one attached hydrogen (secondary N) is 1. The van der Waals surface area contributed by atoms with Crippen molar-refractivity contribution in [3.8, 4) is 11.5 Å². The number of fused-ring (bicyclic) bond motifs is 4. The summed E-state index contributed by atoms with van der Waals surface area (Å²) in [5.41, 5.74) is 0.486. The largest absolute Gasteiger partial charge is 0.497 e. The van der Waals surface area contributed by atoms with Crippen molar-refractivity contribution in [2.75, 3.05) is 7.11 Å². The number of nitrogens with zero attached hydrogens (tertiary/aromatic N) is 1. The summed E-state index contributed by atoms with van der Waals surface area (Å²) in [7, 11) is 1.64. The van der Waals surface area contributed by atoms with E-state index in [1.54, 1.807) is 7.11 Å². The maximum absolute atomic E-state index is 12.3. The summed E-state index contributed by atoms with van der Waals surface area (Å²) in [5, 5.41) is 3.10. The lowest BCUT2D eigenvalue weighted by molar-refractivity contribution is -0.0878. The summed E-state index contributed by atoms with van der Waals surface area (Å²) in [6, 6.07) is 6.14. The Morgan fingerprint density at radius 1 is 1.45 bits per heavy atom. The average molecular weight is 274 g/mol. The standard InChI is InChI=1S/C15H18N2O3/c1-15-8-12(16-14(18)17(15)9-3-4-9)11-6-5-10(19-2)7-13(11)20-15/h5-7,9,12H,3-4,8H2,1-2H3,(H,16,18). The molecule has 1 N–H and O–H groups in total. The van der Waals surface area contributed by atoms with Gasteiger partial charge in [-0.15, -0.1) is 0 Å². The van der Waals surface area contributed by atoms with Crippen LogP contribution in [0.15, 0.2) is 18.2 Å². The molecule has 1 aromatic carbocycles. The molecule has 0 radical (unpaired) electrons. The van der Waals surface area contributed by atoms with Crippen molar-refractivity contribution >= 4 is 6.03 Å². The Kier molecular flexibility index (Phi) is 2.26. The lowest BCUT2D eigenvalue weighted by atomic mass is 9.90. The fraction of sp³-hybridized carbons (Fsp3) is 0.533. The SMILES string of the molecule is COc1ccc2c(c1)OC1(C)CC2NC(=O)N1C1CC1. The summed E-state index contributed by atoms with van der Waals surface area (Å²) in [5.74, 6) is 1.59. The molecule has 5 heteroatoms. The number of carbonyl (C=O) groups excluding carboxylic acids is 1. The molecule has 2 aliphatic heterocycles. The van der Waals surface area contributed by atoms with Crippen molar-refractivity contribution in [2.45, 2.75) is 44.0 Å². The number of hydrogen-bond acceptors (Lipinski definition) is 3. The van der Waals surface area contributed by atoms with E-state index < -0.39 is 5.72 Å². The Bertz CT molecular complexity index is 584. The minimum atomic E-state index is -0.548. The Balaban J connectivity index is 1.77. The zero-order valence-corrected chi connectivity index (χ0v) is 11.7. The average Bonchev–Trinajstić information content (AvgIpc) is 3.21. The van der Waals surface area contributed by atoms with Crippen molar-refractivity contribution in [2.24, 2.45) is 0 Å². The molecule has 2 heterocycles. The predicted octanol–water partition coefficient (Wildman–Crippen LogP) is 2.42. The highest BCUT2D eigenvalue weighted by atomic mass is 16.5. The first-order valence-electron chi connectivity index (χ1n) is 7.07. The second kappa shape index (κ2) is 3.81. The van der Waals surface area contributed by atoms with E-state index in [9.17, 15) is 4.79 Å². The minimum absolute atomic E-state index is 0.00674. The number of rotatable bonds is 2. The van der Waals surface area contributed by atoms with Crippen LogP contribution in [0.2, 0.25) is 0 Å². The number of hydrogen-bond donors (Lipinski definition) is 1. The monoisotopic (exact) mass is 274 g/mol. The molecule has 1 aromatic rings. The van der Waals surface area contributed by atoms with Crippen LogP contribution in [-0.4, -0.2) is 29.8 Å². The van der Waals surface area contributed by atoms with Gasteiger partial charge in [-0.05, 0) is 31.9 Å². The van der Waals surface area contributed by atoms with Crippen LogP contribution >= 0.6 is 0 Å². The number of amides is 2. The number of carbonyl (C=O) groups is 1. The van der Waals surface area contributed by atoms with Gasteiger partial charge in [0.25, 0.3) is 0 Å². The van der Waals surface area contributed by atoms with Crippen molar-refractivity contribution in [1.29, 1.82) is 0 Å². The van der Waals surface area contributed by atoms with E-state index in [1.807, 2.05) is 30.0 Å². The maximum atomic E-state index is 12.3. The molecule has 2 atom stereocenters. The Labute approximate surface area is 117 Å². The molecule has 0 aromatic heterocycles. The van der Waals surface area contributed by atoms with Crippen LogP contribution < -0.4 is 14.8 Å². The number of benzene rings is 1. The third kappa shape index (κ3) is 1.58. The zero-order valence-electron chi connectivity index (χ0n) is 11.7. The number of methoxy groups -OCH3 is 1. The Hall–Kier alpha value is -1.91. The van der Waals surface area contributed by atoms with Crippen LogP contribution in [0.3, 0.4) is 0 Å². The minimum Gasteiger partial charge on any atom is -0.497 e. The highest BCUT2D eigenvalue weighted by Crippen LogP contribution is 2.48. The number of urea groups is 1. The molecule has 106 valence electrons. The van der Waals surface area contributed by atoms with Gasteiger partial charge in [0, 0.05) is 24.1 Å². The van der Waals surface area contributed by atoms with Gasteiger partial charge in [0.05, 0.1) is 13.2 Å². The highest BCUT2D eigenvalue weighted by molar-refractivity contribution is 5.78. The summed E-state index contributed by atoms with van der Waals surface area (Å²) >= 11 is 0. The Morgan fingerprint density at radius 2 is 2.25 bits per heavy atom. The van der Waals surface area contributed by atoms with Crippen LogP contribution in [-0.2, 0) is 0 Å². The molecule has 1 aliphatic carbocycles. The summed E-state index contributed by atoms with van der Waals surface area (Å²) < 4.78 is 11.5. The molecule has 3 aliphatic rings. The van der Waals surface area contributed by atoms with E-state index in [1.165, 1.54) is 0 Å². The van der Waals surface area contributed by atoms with E-state index in [-0.39, 0.29) is 12.1 Å². The zero-order chi connectivity index (χ0) is 13.9. The van der Waals surface area contributed by atoms with Crippen molar-refractivity contribution < 1.29 is 14.3 Å². The van der Waals surface area contributed by atoms with Crippen LogP contribution in [0.4, 0.5) is 4.79 Å². The van der Waals surface area contributed by atoms with Gasteiger partial charge >= 0.3 is 6.03 Å². The van der Waals surface area contributed by atoms with Gasteiger partial charge in [-0.2, -0.15) is 0 Å². The van der Waals surface area contributed by atoms with Gasteiger partial charge in [0.15, 0.2) is 5.72 Å². The predicted molar refractivity (Wildman–Crippen MR) is 72.8 cm³/mol. The number of ether oxygens (including phenoxy) is 2. The Morgan fingerprint density at radius 3 is 2.95 bits per heavy atom. The van der Waals surface area contributed by atoms with E-state index in [2.05, 4.69) is 5.32 Å². The molecule has 2 unspecified atom stereocenters. The topological polar surface area (TPSA) is 50.8 Å². The van der Waals surface area contributed by atoms with Gasteiger partial charge in [0.1, 0.15) is 11.5 Å². The molecule has 5 nitrogen and oxygen atoms in total. The second-order valence-electron chi connectivity index (χ2n) is 5.99. The van der Waals surface area contributed by atoms with E-state index in [0.717, 1.165) is 36.3 Å². The van der Waals surface area contributed by atoms with Gasteiger partial charge in [-0.3, -0.25) is 4.90 Å². The van der Waals surface area contributed by atoms with Crippen LogP contribution in [0.1, 0.15) is 37.8 Å². The highest BCUT2D eigenvalue weighted by Gasteiger charge is 2.53. The maximum Gasteiger partial charge on any atom is 0.321 e. The molecule has 2 amide bonds. The quantitative estimate of drug-likeness (QED) is 0.901. The molecular formula is C15H18N2O3. The van der Waals surface area contributed by atoms with Crippen molar-refractivity contribution in [3.63, 3.8) is 0 Å². The van der Waals surface area contributed by atoms with Crippen LogP contribution in [0.25, 0.3) is 0 Å². The van der Waals surface area contributed by atoms with Crippen molar-refractivity contribution in [1.82, 2.24) is 10.2 Å². The lowest BCUT2D eigenvalue weighted by Gasteiger charge is -2.51. The molecule has 4 rings (SSSR count). The van der Waals surface area contributed by atoms with Crippen LogP contribution in [0.5, 0.6) is 11.5 Å². The second-order valence-corrected chi connectivity index (χ2v) is 5.99. The fourth-order valence-electron chi connectivity index (χ4n) is 3.38. The van der Waals surface area contributed by atoms with Gasteiger partial charge in [0.2, 0.25) is 0 Å². The third-order valence-electron chi connectivity index (χ3n) is 4.45. The lowest BCUT2D eigenvalue weighted by Crippen LogP contribution is -2.65. The first kappa shape index (κ1) is 11.9. The van der Waals surface area contributed by atoms with Crippen molar-refractivity contribution in [3.05, 3.63) is 23.8 Å². The molecule has 20 heavy (non-hydrogen) atoms. The van der Waals surface area contributed by atoms with Gasteiger partial charge in [-0.25, -0.2) is 4.79 Å². The molecular weight excluding hydrogens is 256 g/mol. The summed E-state index contributed by atoms with van der Waals surface area (Å²) in [6.45, 7) is 2.01. The molecule has 0 spiro atoms. The van der Waals surface area contributed by atoms with E-state index >= 15 is 0 Å². The smallest absolute Gasteiger partial charge is 0.321 e. The normalized spacial score (nSPS) is 31.2. The van der Waals surface area contributed by atoms with Gasteiger partial charge < -0.3 is 14.8 Å². The summed E-state index contributed by atoms with van der Waals surface area (Å²) in [6.07, 6.45) is 2.93. The molecule has 2 fully saturated rings. The first-order chi connectivity index (χ1) is 9.60. The van der Waals surface area contributed by atoms with Crippen LogP contribution in [0, 0.1) is 0 Å². The third-order valence-corrected chi connectivity index (χ3v) is 4.45. The van der Waals surface area contributed by atoms with Gasteiger partial charge in [-0.1, -0.05) is 0 Å². The molecule has 1 saturated carbocycles. The summed E-state index contributed by atoms with van der Waals surface area (Å²) in [4.78, 5) is 14.2. The molecule has 2 bridgehead atoms. The van der Waals surface area contributed by atoms with E-state index in [4.69, 9.17) is 9.47 Å². The molecule has 1 saturated heterocycles. The first-order valence-corrected chi connectivity index (χ1v) is 7.07. The van der Waals surface area contributed by atoms with E-state index in [0.29, 0.717) is 6.04 Å².